The average molecular weight is 275 g/mol. The van der Waals surface area contributed by atoms with Gasteiger partial charge in [-0.25, -0.2) is 9.78 Å². The Labute approximate surface area is 112 Å². The van der Waals surface area contributed by atoms with E-state index in [1.54, 1.807) is 0 Å². The molecule has 0 fully saturated rings. The van der Waals surface area contributed by atoms with E-state index in [2.05, 4.69) is 15.3 Å². The number of fused-ring (bicyclic) bond motifs is 1. The Morgan fingerprint density at radius 1 is 1.32 bits per heavy atom. The lowest BCUT2D eigenvalue weighted by molar-refractivity contribution is 0.0696. The van der Waals surface area contributed by atoms with E-state index in [9.17, 15) is 4.79 Å². The lowest BCUT2D eigenvalue weighted by Crippen LogP contribution is -2.04. The summed E-state index contributed by atoms with van der Waals surface area (Å²) in [6, 6.07) is 8.69. The molecule has 0 spiro atoms. The fourth-order valence-electron chi connectivity index (χ4n) is 1.73. The highest BCUT2D eigenvalue weighted by Gasteiger charge is 2.13. The summed E-state index contributed by atoms with van der Waals surface area (Å²) < 4.78 is 1.48. The molecule has 0 saturated carbocycles. The second kappa shape index (κ2) is 4.33. The third kappa shape index (κ3) is 1.92. The van der Waals surface area contributed by atoms with Crippen molar-refractivity contribution in [1.82, 2.24) is 20.0 Å². The number of pyridine rings is 1. The minimum absolute atomic E-state index is 0.0261. The molecule has 0 radical (unpaired) electrons. The fraction of sp³-hybridized carbons (Fsp3) is 0. The van der Waals surface area contributed by atoms with Gasteiger partial charge in [-0.15, -0.1) is 5.10 Å². The van der Waals surface area contributed by atoms with E-state index in [0.29, 0.717) is 11.3 Å². The van der Waals surface area contributed by atoms with E-state index >= 15 is 0 Å². The van der Waals surface area contributed by atoms with Gasteiger partial charge in [0, 0.05) is 6.20 Å². The van der Waals surface area contributed by atoms with Gasteiger partial charge in [0.05, 0.1) is 16.1 Å². The summed E-state index contributed by atoms with van der Waals surface area (Å²) in [4.78, 5) is 14.9. The number of aromatic carboxylic acids is 1. The van der Waals surface area contributed by atoms with Crippen molar-refractivity contribution < 1.29 is 9.90 Å². The van der Waals surface area contributed by atoms with Crippen LogP contribution in [-0.2, 0) is 0 Å². The van der Waals surface area contributed by atoms with Crippen molar-refractivity contribution in [2.75, 3.05) is 0 Å². The van der Waals surface area contributed by atoms with E-state index in [-0.39, 0.29) is 10.6 Å². The van der Waals surface area contributed by atoms with E-state index in [0.717, 1.165) is 5.52 Å². The van der Waals surface area contributed by atoms with Gasteiger partial charge in [-0.2, -0.15) is 4.68 Å². The summed E-state index contributed by atoms with van der Waals surface area (Å²) >= 11 is 6.05. The van der Waals surface area contributed by atoms with Crippen LogP contribution < -0.4 is 0 Å². The molecular formula is C12H7ClN4O2. The molecule has 0 aliphatic heterocycles. The van der Waals surface area contributed by atoms with Crippen molar-refractivity contribution >= 4 is 28.6 Å². The van der Waals surface area contributed by atoms with Crippen molar-refractivity contribution in [3.05, 3.63) is 47.1 Å². The van der Waals surface area contributed by atoms with Crippen LogP contribution in [-0.4, -0.2) is 31.1 Å². The van der Waals surface area contributed by atoms with Crippen molar-refractivity contribution in [2.45, 2.75) is 0 Å². The van der Waals surface area contributed by atoms with Crippen molar-refractivity contribution in [1.29, 1.82) is 0 Å². The number of rotatable bonds is 2. The monoisotopic (exact) mass is 274 g/mol. The SMILES string of the molecule is O=C(O)c1cnc(-n2nnc3ccccc32)c(Cl)c1. The number of halogens is 1. The fourth-order valence-corrected chi connectivity index (χ4v) is 1.98. The molecular weight excluding hydrogens is 268 g/mol. The predicted molar refractivity (Wildman–Crippen MR) is 68.6 cm³/mol. The first kappa shape index (κ1) is 11.6. The first-order valence-corrected chi connectivity index (χ1v) is 5.74. The average Bonchev–Trinajstić information content (AvgIpc) is 2.82. The molecule has 7 heteroatoms. The molecule has 3 aromatic rings. The molecule has 0 atom stereocenters. The molecule has 6 nitrogen and oxygen atoms in total. The highest BCUT2D eigenvalue weighted by atomic mass is 35.5. The van der Waals surface area contributed by atoms with Crippen LogP contribution in [0.5, 0.6) is 0 Å². The minimum atomic E-state index is -1.08. The molecule has 0 saturated heterocycles. The van der Waals surface area contributed by atoms with Gasteiger partial charge in [0.1, 0.15) is 5.52 Å². The van der Waals surface area contributed by atoms with E-state index < -0.39 is 5.97 Å². The number of carbonyl (C=O) groups is 1. The van der Waals surface area contributed by atoms with E-state index in [1.165, 1.54) is 16.9 Å². The van der Waals surface area contributed by atoms with Crippen LogP contribution in [0.4, 0.5) is 0 Å². The number of para-hydroxylation sites is 1. The maximum absolute atomic E-state index is 10.8. The molecule has 0 amide bonds. The molecule has 0 unspecified atom stereocenters. The van der Waals surface area contributed by atoms with Crippen LogP contribution in [0.2, 0.25) is 5.02 Å². The molecule has 0 aliphatic rings. The van der Waals surface area contributed by atoms with E-state index in [1.807, 2.05) is 24.3 Å². The zero-order valence-electron chi connectivity index (χ0n) is 9.49. The summed E-state index contributed by atoms with van der Waals surface area (Å²) in [5, 5.41) is 17.0. The van der Waals surface area contributed by atoms with Gasteiger partial charge >= 0.3 is 5.97 Å². The molecule has 3 rings (SSSR count). The number of aromatic nitrogens is 4. The summed E-state index contributed by atoms with van der Waals surface area (Å²) in [6.07, 6.45) is 1.24. The van der Waals surface area contributed by atoms with Gasteiger partial charge < -0.3 is 5.11 Å². The topological polar surface area (TPSA) is 80.9 Å². The molecule has 19 heavy (non-hydrogen) atoms. The Morgan fingerprint density at radius 2 is 2.11 bits per heavy atom. The predicted octanol–water partition coefficient (Wildman–Crippen LogP) is 2.17. The Balaban J connectivity index is 2.19. The van der Waals surface area contributed by atoms with Crippen LogP contribution in [0.1, 0.15) is 10.4 Å². The summed E-state index contributed by atoms with van der Waals surface area (Å²) in [5.41, 5.74) is 1.49. The standard InChI is InChI=1S/C12H7ClN4O2/c13-8-5-7(12(18)19)6-14-11(8)17-10-4-2-1-3-9(10)15-16-17/h1-6H,(H,18,19). The summed E-state index contributed by atoms with van der Waals surface area (Å²) in [6.45, 7) is 0. The Morgan fingerprint density at radius 3 is 2.84 bits per heavy atom. The van der Waals surface area contributed by atoms with Crippen LogP contribution >= 0.6 is 11.6 Å². The van der Waals surface area contributed by atoms with Gasteiger partial charge in [0.25, 0.3) is 0 Å². The smallest absolute Gasteiger partial charge is 0.337 e. The highest BCUT2D eigenvalue weighted by Crippen LogP contribution is 2.22. The van der Waals surface area contributed by atoms with Crippen LogP contribution in [0.3, 0.4) is 0 Å². The van der Waals surface area contributed by atoms with Gasteiger partial charge in [-0.05, 0) is 18.2 Å². The van der Waals surface area contributed by atoms with E-state index in [4.69, 9.17) is 16.7 Å². The van der Waals surface area contributed by atoms with Crippen LogP contribution in [0.25, 0.3) is 16.9 Å². The lowest BCUT2D eigenvalue weighted by Gasteiger charge is -2.04. The number of carboxylic acids is 1. The first-order chi connectivity index (χ1) is 9.16. The number of benzene rings is 1. The first-order valence-electron chi connectivity index (χ1n) is 5.36. The molecule has 0 aliphatic carbocycles. The van der Waals surface area contributed by atoms with Gasteiger partial charge in [-0.1, -0.05) is 28.9 Å². The molecule has 2 heterocycles. The second-order valence-corrected chi connectivity index (χ2v) is 4.23. The maximum Gasteiger partial charge on any atom is 0.337 e. The third-order valence-electron chi connectivity index (χ3n) is 2.62. The van der Waals surface area contributed by atoms with Crippen LogP contribution in [0, 0.1) is 0 Å². The molecule has 2 aromatic heterocycles. The lowest BCUT2D eigenvalue weighted by atomic mass is 10.3. The van der Waals surface area contributed by atoms with Gasteiger partial charge in [0.2, 0.25) is 0 Å². The van der Waals surface area contributed by atoms with Gasteiger partial charge in [0.15, 0.2) is 5.82 Å². The second-order valence-electron chi connectivity index (χ2n) is 3.82. The highest BCUT2D eigenvalue weighted by molar-refractivity contribution is 6.32. The summed E-state index contributed by atoms with van der Waals surface area (Å²) in [7, 11) is 0. The zero-order chi connectivity index (χ0) is 13.4. The molecule has 1 N–H and O–H groups in total. The molecule has 94 valence electrons. The number of hydrogen-bond donors (Lipinski definition) is 1. The Hall–Kier alpha value is -2.47. The third-order valence-corrected chi connectivity index (χ3v) is 2.90. The number of carboxylic acid groups (broad SMARTS) is 1. The van der Waals surface area contributed by atoms with Crippen LogP contribution in [0.15, 0.2) is 36.5 Å². The Bertz CT molecular complexity index is 784. The normalized spacial score (nSPS) is 10.8. The Kier molecular flexibility index (Phi) is 2.64. The number of nitrogens with zero attached hydrogens (tertiary/aromatic N) is 4. The zero-order valence-corrected chi connectivity index (χ0v) is 10.2. The molecule has 1 aromatic carbocycles. The minimum Gasteiger partial charge on any atom is -0.478 e. The molecule has 0 bridgehead atoms. The number of hydrogen-bond acceptors (Lipinski definition) is 4. The largest absolute Gasteiger partial charge is 0.478 e. The van der Waals surface area contributed by atoms with Crippen molar-refractivity contribution in [3.63, 3.8) is 0 Å². The maximum atomic E-state index is 10.8. The summed E-state index contributed by atoms with van der Waals surface area (Å²) in [5.74, 6) is -0.732. The van der Waals surface area contributed by atoms with Crippen molar-refractivity contribution in [3.8, 4) is 5.82 Å². The van der Waals surface area contributed by atoms with Crippen molar-refractivity contribution in [2.24, 2.45) is 0 Å². The quantitative estimate of drug-likeness (QED) is 0.774. The van der Waals surface area contributed by atoms with Gasteiger partial charge in [-0.3, -0.25) is 0 Å².